The smallest absolute Gasteiger partial charge is 0.0877 e. The standard InChI is InChI=1S/C14H14Br2OS/c1-2-10(9-6-4-3-5-7-9)13(17)11-8-12(15)18-14(11)16/h3-8,10,13,17H,2H2,1H3. The van der Waals surface area contributed by atoms with Crippen molar-refractivity contribution in [3.8, 4) is 0 Å². The summed E-state index contributed by atoms with van der Waals surface area (Å²) < 4.78 is 2.03. The predicted octanol–water partition coefficient (Wildman–Crippen LogP) is 5.50. The van der Waals surface area contributed by atoms with Gasteiger partial charge in [-0.1, -0.05) is 37.3 Å². The van der Waals surface area contributed by atoms with Gasteiger partial charge in [0.15, 0.2) is 0 Å². The quantitative estimate of drug-likeness (QED) is 0.731. The van der Waals surface area contributed by atoms with Crippen molar-refractivity contribution < 1.29 is 5.11 Å². The van der Waals surface area contributed by atoms with E-state index in [1.165, 1.54) is 5.56 Å². The van der Waals surface area contributed by atoms with E-state index in [0.717, 1.165) is 19.6 Å². The molecule has 1 heterocycles. The van der Waals surface area contributed by atoms with E-state index in [-0.39, 0.29) is 5.92 Å². The van der Waals surface area contributed by atoms with Crippen molar-refractivity contribution in [3.63, 3.8) is 0 Å². The molecule has 2 atom stereocenters. The molecular formula is C14H14Br2OS. The third-order valence-corrected chi connectivity index (χ3v) is 5.44. The van der Waals surface area contributed by atoms with Crippen LogP contribution in [0, 0.1) is 0 Å². The average Bonchev–Trinajstić information content (AvgIpc) is 2.70. The van der Waals surface area contributed by atoms with Gasteiger partial charge >= 0.3 is 0 Å². The first kappa shape index (κ1) is 14.3. The second kappa shape index (κ2) is 6.33. The minimum Gasteiger partial charge on any atom is -0.388 e. The second-order valence-electron chi connectivity index (χ2n) is 4.15. The van der Waals surface area contributed by atoms with Gasteiger partial charge in [-0.3, -0.25) is 0 Å². The molecular weight excluding hydrogens is 376 g/mol. The van der Waals surface area contributed by atoms with Crippen LogP contribution in [0.2, 0.25) is 0 Å². The Morgan fingerprint density at radius 3 is 2.39 bits per heavy atom. The van der Waals surface area contributed by atoms with E-state index in [2.05, 4.69) is 50.9 Å². The monoisotopic (exact) mass is 388 g/mol. The van der Waals surface area contributed by atoms with Gasteiger partial charge in [-0.25, -0.2) is 0 Å². The molecule has 0 aliphatic heterocycles. The first-order valence-electron chi connectivity index (χ1n) is 5.81. The van der Waals surface area contributed by atoms with E-state index in [1.54, 1.807) is 11.3 Å². The molecule has 1 N–H and O–H groups in total. The molecule has 2 unspecified atom stereocenters. The van der Waals surface area contributed by atoms with E-state index in [4.69, 9.17) is 0 Å². The van der Waals surface area contributed by atoms with Crippen LogP contribution in [0.25, 0.3) is 0 Å². The fourth-order valence-electron chi connectivity index (χ4n) is 2.11. The normalized spacial score (nSPS) is 14.4. The Morgan fingerprint density at radius 2 is 1.89 bits per heavy atom. The van der Waals surface area contributed by atoms with Crippen LogP contribution in [-0.4, -0.2) is 5.11 Å². The lowest BCUT2D eigenvalue weighted by atomic mass is 9.88. The van der Waals surface area contributed by atoms with Gasteiger partial charge in [-0.05, 0) is 49.9 Å². The van der Waals surface area contributed by atoms with Gasteiger partial charge in [0.25, 0.3) is 0 Å². The Hall–Kier alpha value is -0.160. The third-order valence-electron chi connectivity index (χ3n) is 3.05. The predicted molar refractivity (Wildman–Crippen MR) is 84.2 cm³/mol. The van der Waals surface area contributed by atoms with E-state index >= 15 is 0 Å². The van der Waals surface area contributed by atoms with E-state index in [1.807, 2.05) is 24.3 Å². The highest BCUT2D eigenvalue weighted by Crippen LogP contribution is 2.41. The van der Waals surface area contributed by atoms with Crippen LogP contribution in [-0.2, 0) is 0 Å². The van der Waals surface area contributed by atoms with Crippen molar-refractivity contribution in [1.29, 1.82) is 0 Å². The van der Waals surface area contributed by atoms with Crippen LogP contribution < -0.4 is 0 Å². The Bertz CT molecular complexity index is 510. The summed E-state index contributed by atoms with van der Waals surface area (Å²) in [7, 11) is 0. The molecule has 0 amide bonds. The Balaban J connectivity index is 2.31. The molecule has 0 fully saturated rings. The Morgan fingerprint density at radius 1 is 1.22 bits per heavy atom. The minimum atomic E-state index is -0.477. The van der Waals surface area contributed by atoms with Crippen molar-refractivity contribution in [2.75, 3.05) is 0 Å². The molecule has 4 heteroatoms. The number of halogens is 2. The van der Waals surface area contributed by atoms with E-state index in [9.17, 15) is 5.11 Å². The van der Waals surface area contributed by atoms with Crippen molar-refractivity contribution in [2.24, 2.45) is 0 Å². The number of hydrogen-bond donors (Lipinski definition) is 1. The molecule has 18 heavy (non-hydrogen) atoms. The van der Waals surface area contributed by atoms with Gasteiger partial charge in [0, 0.05) is 11.5 Å². The molecule has 0 aliphatic carbocycles. The lowest BCUT2D eigenvalue weighted by Crippen LogP contribution is -2.09. The summed E-state index contributed by atoms with van der Waals surface area (Å²) in [4.78, 5) is 0. The van der Waals surface area contributed by atoms with Crippen LogP contribution in [0.15, 0.2) is 44.0 Å². The highest BCUT2D eigenvalue weighted by molar-refractivity contribution is 9.12. The fourth-order valence-corrected chi connectivity index (χ4v) is 5.02. The van der Waals surface area contributed by atoms with Gasteiger partial charge in [0.1, 0.15) is 0 Å². The van der Waals surface area contributed by atoms with Crippen molar-refractivity contribution >= 4 is 43.2 Å². The maximum atomic E-state index is 10.6. The van der Waals surface area contributed by atoms with Crippen molar-refractivity contribution in [3.05, 3.63) is 55.1 Å². The van der Waals surface area contributed by atoms with Crippen LogP contribution in [0.1, 0.15) is 36.5 Å². The largest absolute Gasteiger partial charge is 0.388 e. The summed E-state index contributed by atoms with van der Waals surface area (Å²) in [5, 5.41) is 10.6. The molecule has 96 valence electrons. The van der Waals surface area contributed by atoms with Gasteiger partial charge in [0.05, 0.1) is 13.7 Å². The first-order chi connectivity index (χ1) is 8.63. The Labute approximate surface area is 128 Å². The summed E-state index contributed by atoms with van der Waals surface area (Å²) in [5.41, 5.74) is 2.14. The highest BCUT2D eigenvalue weighted by atomic mass is 79.9. The summed E-state index contributed by atoms with van der Waals surface area (Å²) in [6, 6.07) is 12.2. The van der Waals surface area contributed by atoms with Gasteiger partial charge in [0.2, 0.25) is 0 Å². The molecule has 2 aromatic rings. The van der Waals surface area contributed by atoms with Crippen molar-refractivity contribution in [1.82, 2.24) is 0 Å². The Kier molecular flexibility index (Phi) is 5.01. The number of hydrogen-bond acceptors (Lipinski definition) is 2. The summed E-state index contributed by atoms with van der Waals surface area (Å²) >= 11 is 8.57. The van der Waals surface area contributed by atoms with Gasteiger partial charge in [-0.15, -0.1) is 11.3 Å². The van der Waals surface area contributed by atoms with E-state index in [0.29, 0.717) is 0 Å². The molecule has 1 aromatic carbocycles. The van der Waals surface area contributed by atoms with Gasteiger partial charge < -0.3 is 5.11 Å². The van der Waals surface area contributed by atoms with E-state index < -0.39 is 6.10 Å². The maximum Gasteiger partial charge on any atom is 0.0877 e. The minimum absolute atomic E-state index is 0.129. The summed E-state index contributed by atoms with van der Waals surface area (Å²) in [6.45, 7) is 2.11. The molecule has 0 spiro atoms. The number of benzene rings is 1. The summed E-state index contributed by atoms with van der Waals surface area (Å²) in [6.07, 6.45) is 0.430. The topological polar surface area (TPSA) is 20.2 Å². The SMILES string of the molecule is CCC(c1ccccc1)C(O)c1cc(Br)sc1Br. The highest BCUT2D eigenvalue weighted by Gasteiger charge is 2.24. The molecule has 0 saturated carbocycles. The number of thiophene rings is 1. The van der Waals surface area contributed by atoms with Crippen LogP contribution in [0.4, 0.5) is 0 Å². The molecule has 1 nitrogen and oxygen atoms in total. The van der Waals surface area contributed by atoms with Gasteiger partial charge in [-0.2, -0.15) is 0 Å². The molecule has 0 bridgehead atoms. The molecule has 2 rings (SSSR count). The van der Waals surface area contributed by atoms with Crippen LogP contribution >= 0.6 is 43.2 Å². The fraction of sp³-hybridized carbons (Fsp3) is 0.286. The number of aliphatic hydroxyl groups excluding tert-OH is 1. The average molecular weight is 390 g/mol. The first-order valence-corrected chi connectivity index (χ1v) is 8.21. The zero-order valence-electron chi connectivity index (χ0n) is 9.94. The third kappa shape index (κ3) is 3.05. The molecule has 1 aromatic heterocycles. The second-order valence-corrected chi connectivity index (χ2v) is 7.90. The van der Waals surface area contributed by atoms with Crippen LogP contribution in [0.5, 0.6) is 0 Å². The zero-order chi connectivity index (χ0) is 13.1. The van der Waals surface area contributed by atoms with Crippen LogP contribution in [0.3, 0.4) is 0 Å². The summed E-state index contributed by atoms with van der Waals surface area (Å²) in [5.74, 6) is 0.129. The number of aliphatic hydroxyl groups is 1. The zero-order valence-corrected chi connectivity index (χ0v) is 13.9. The van der Waals surface area contributed by atoms with Crippen molar-refractivity contribution in [2.45, 2.75) is 25.4 Å². The number of rotatable bonds is 4. The molecule has 0 saturated heterocycles. The maximum absolute atomic E-state index is 10.6. The lowest BCUT2D eigenvalue weighted by Gasteiger charge is -2.22. The molecule has 0 radical (unpaired) electrons. The lowest BCUT2D eigenvalue weighted by molar-refractivity contribution is 0.142. The molecule has 0 aliphatic rings.